The van der Waals surface area contributed by atoms with E-state index in [9.17, 15) is 31.1 Å². The number of aliphatic hydroxyl groups excluding tert-OH is 1. The maximum Gasteiger partial charge on any atom is 0.404 e. The van der Waals surface area contributed by atoms with Crippen molar-refractivity contribution in [3.8, 4) is 0 Å². The van der Waals surface area contributed by atoms with Gasteiger partial charge in [0.05, 0.1) is 0 Å². The van der Waals surface area contributed by atoms with E-state index in [1.54, 1.807) is 0 Å². The molecule has 0 aromatic rings. The fraction of sp³-hybridized carbons (Fsp3) is 0.917. The summed E-state index contributed by atoms with van der Waals surface area (Å²) < 4.78 is 79.4. The van der Waals surface area contributed by atoms with Gasteiger partial charge in [0.2, 0.25) is 0 Å². The van der Waals surface area contributed by atoms with Gasteiger partial charge in [-0.05, 0) is 17.8 Å². The number of ketones is 1. The summed E-state index contributed by atoms with van der Waals surface area (Å²) in [4.78, 5) is 11.3. The van der Waals surface area contributed by atoms with Gasteiger partial charge in [-0.15, -0.1) is 0 Å². The molecule has 1 saturated carbocycles. The van der Waals surface area contributed by atoms with Crippen LogP contribution in [0.2, 0.25) is 0 Å². The number of alkyl halides is 6. The molecule has 0 aliphatic heterocycles. The minimum atomic E-state index is -5.60. The van der Waals surface area contributed by atoms with Crippen molar-refractivity contribution in [2.24, 2.45) is 22.7 Å². The Labute approximate surface area is 112 Å². The van der Waals surface area contributed by atoms with Gasteiger partial charge >= 0.3 is 12.4 Å². The van der Waals surface area contributed by atoms with Crippen LogP contribution in [0.5, 0.6) is 0 Å². The van der Waals surface area contributed by atoms with Gasteiger partial charge in [-0.1, -0.05) is 20.8 Å². The maximum absolute atomic E-state index is 13.2. The van der Waals surface area contributed by atoms with E-state index in [1.807, 2.05) is 0 Å². The molecule has 1 fully saturated rings. The highest BCUT2D eigenvalue weighted by Crippen LogP contribution is 2.71. The summed E-state index contributed by atoms with van der Waals surface area (Å²) in [7, 11) is 0. The van der Waals surface area contributed by atoms with Crippen molar-refractivity contribution in [1.82, 2.24) is 0 Å². The van der Waals surface area contributed by atoms with Gasteiger partial charge in [-0.2, -0.15) is 26.3 Å². The molecule has 2 unspecified atom stereocenters. The van der Waals surface area contributed by atoms with Gasteiger partial charge in [0.1, 0.15) is 6.61 Å². The molecule has 0 bridgehead atoms. The van der Waals surface area contributed by atoms with Gasteiger partial charge in [0.15, 0.2) is 11.2 Å². The van der Waals surface area contributed by atoms with Crippen molar-refractivity contribution in [2.45, 2.75) is 39.5 Å². The van der Waals surface area contributed by atoms with Gasteiger partial charge in [-0.3, -0.25) is 4.79 Å². The number of carbonyl (C=O) groups is 1. The van der Waals surface area contributed by atoms with Crippen LogP contribution in [0.1, 0.15) is 27.2 Å². The second-order valence-electron chi connectivity index (χ2n) is 6.20. The number of Topliss-reactive ketones (excluding diaryl/α,β-unsaturated/α-hetero) is 1. The Morgan fingerprint density at radius 2 is 1.50 bits per heavy atom. The first-order valence-electron chi connectivity index (χ1n) is 5.98. The zero-order chi connectivity index (χ0) is 16.1. The Balaban J connectivity index is 3.48. The fourth-order valence-electron chi connectivity index (χ4n) is 3.17. The molecule has 1 N–H and O–H groups in total. The summed E-state index contributed by atoms with van der Waals surface area (Å²) in [5.74, 6) is -5.44. The lowest BCUT2D eigenvalue weighted by Crippen LogP contribution is -2.71. The van der Waals surface area contributed by atoms with E-state index in [-0.39, 0.29) is 0 Å². The fourth-order valence-corrected chi connectivity index (χ4v) is 3.17. The highest BCUT2D eigenvalue weighted by atomic mass is 19.4. The monoisotopic (exact) mass is 306 g/mol. The molecule has 20 heavy (non-hydrogen) atoms. The third kappa shape index (κ3) is 2.21. The summed E-state index contributed by atoms with van der Waals surface area (Å²) in [6.45, 7) is 2.52. The van der Waals surface area contributed by atoms with Crippen molar-refractivity contribution in [3.63, 3.8) is 0 Å². The van der Waals surface area contributed by atoms with E-state index in [1.165, 1.54) is 20.8 Å². The molecule has 0 aromatic heterocycles. The Morgan fingerprint density at radius 3 is 1.75 bits per heavy atom. The van der Waals surface area contributed by atoms with E-state index >= 15 is 0 Å². The smallest absolute Gasteiger partial charge is 0.389 e. The molecule has 1 aliphatic carbocycles. The number of halogens is 6. The molecule has 2 nitrogen and oxygen atoms in total. The Morgan fingerprint density at radius 1 is 1.10 bits per heavy atom. The van der Waals surface area contributed by atoms with E-state index in [2.05, 4.69) is 0 Å². The minimum absolute atomic E-state index is 0.526. The molecule has 0 amide bonds. The van der Waals surface area contributed by atoms with E-state index in [0.29, 0.717) is 0 Å². The predicted molar refractivity (Wildman–Crippen MR) is 57.7 cm³/mol. The number of hydrogen-bond donors (Lipinski definition) is 1. The summed E-state index contributed by atoms with van der Waals surface area (Å²) in [6.07, 6.45) is -11.7. The van der Waals surface area contributed by atoms with Gasteiger partial charge in [-0.25, -0.2) is 0 Å². The van der Waals surface area contributed by atoms with Crippen LogP contribution in [-0.2, 0) is 4.79 Å². The second-order valence-corrected chi connectivity index (χ2v) is 6.20. The number of carbonyl (C=O) groups excluding carboxylic acids is 1. The van der Waals surface area contributed by atoms with Crippen LogP contribution in [0.25, 0.3) is 0 Å². The van der Waals surface area contributed by atoms with Crippen LogP contribution in [0.15, 0.2) is 0 Å². The van der Waals surface area contributed by atoms with Gasteiger partial charge in [0, 0.05) is 5.92 Å². The van der Waals surface area contributed by atoms with Gasteiger partial charge < -0.3 is 5.11 Å². The molecule has 0 radical (unpaired) electrons. The largest absolute Gasteiger partial charge is 0.404 e. The lowest BCUT2D eigenvalue weighted by molar-refractivity contribution is -0.412. The summed E-state index contributed by atoms with van der Waals surface area (Å²) in [5.41, 5.74) is -5.34. The molecule has 0 spiro atoms. The van der Waals surface area contributed by atoms with E-state index < -0.39 is 53.8 Å². The molecule has 118 valence electrons. The van der Waals surface area contributed by atoms with Crippen LogP contribution in [0.3, 0.4) is 0 Å². The number of rotatable bonds is 2. The summed E-state index contributed by atoms with van der Waals surface area (Å²) in [5, 5.41) is 8.64. The zero-order valence-corrected chi connectivity index (χ0v) is 11.2. The first-order chi connectivity index (χ1) is 8.71. The zero-order valence-electron chi connectivity index (χ0n) is 11.2. The number of aliphatic hydroxyl groups is 1. The topological polar surface area (TPSA) is 37.3 Å². The molecule has 0 aromatic carbocycles. The van der Waals surface area contributed by atoms with Crippen molar-refractivity contribution in [3.05, 3.63) is 0 Å². The van der Waals surface area contributed by atoms with E-state index in [4.69, 9.17) is 5.11 Å². The maximum atomic E-state index is 13.2. The molecule has 0 heterocycles. The lowest BCUT2D eigenvalue weighted by atomic mass is 9.44. The van der Waals surface area contributed by atoms with Crippen molar-refractivity contribution in [1.29, 1.82) is 0 Å². The third-order valence-electron chi connectivity index (χ3n) is 4.10. The van der Waals surface area contributed by atoms with Crippen LogP contribution >= 0.6 is 0 Å². The molecule has 1 aliphatic rings. The highest BCUT2D eigenvalue weighted by molar-refractivity contribution is 5.84. The van der Waals surface area contributed by atoms with Crippen LogP contribution in [-0.4, -0.2) is 29.8 Å². The molecular weight excluding hydrogens is 290 g/mol. The molecular formula is C12H16F6O2. The minimum Gasteiger partial charge on any atom is -0.389 e. The second kappa shape index (κ2) is 4.61. The quantitative estimate of drug-likeness (QED) is 0.795. The normalized spacial score (nSPS) is 27.1. The SMILES string of the molecule is CC(C)(C)C1CC(C(=O)CO)C1(C(F)(F)F)C(F)(F)F. The summed E-state index contributed by atoms with van der Waals surface area (Å²) in [6, 6.07) is 0. The van der Waals surface area contributed by atoms with Crippen LogP contribution in [0.4, 0.5) is 26.3 Å². The number of hydrogen-bond acceptors (Lipinski definition) is 2. The average molecular weight is 306 g/mol. The molecule has 8 heteroatoms. The third-order valence-corrected chi connectivity index (χ3v) is 4.10. The highest BCUT2D eigenvalue weighted by Gasteiger charge is 2.84. The van der Waals surface area contributed by atoms with Crippen LogP contribution < -0.4 is 0 Å². The van der Waals surface area contributed by atoms with E-state index in [0.717, 1.165) is 0 Å². The Bertz CT molecular complexity index is 376. The molecule has 1 rings (SSSR count). The van der Waals surface area contributed by atoms with Crippen molar-refractivity contribution < 1.29 is 36.2 Å². The predicted octanol–water partition coefficient (Wildman–Crippen LogP) is 3.34. The average Bonchev–Trinajstić information content (AvgIpc) is 2.08. The van der Waals surface area contributed by atoms with Gasteiger partial charge in [0.25, 0.3) is 0 Å². The molecule has 2 atom stereocenters. The van der Waals surface area contributed by atoms with Crippen molar-refractivity contribution >= 4 is 5.78 Å². The summed E-state index contributed by atoms with van der Waals surface area (Å²) >= 11 is 0. The van der Waals surface area contributed by atoms with Crippen LogP contribution in [0, 0.1) is 22.7 Å². The molecule has 0 saturated heterocycles. The Kier molecular flexibility index (Phi) is 3.98. The Hall–Kier alpha value is -0.790. The first-order valence-corrected chi connectivity index (χ1v) is 5.98. The lowest BCUT2D eigenvalue weighted by Gasteiger charge is -2.60. The first kappa shape index (κ1) is 17.3. The van der Waals surface area contributed by atoms with Crippen molar-refractivity contribution in [2.75, 3.05) is 6.61 Å². The standard InChI is InChI=1S/C12H16F6O2/c1-9(2,3)8-4-6(7(20)5-19)10(8,11(13,14)15)12(16,17)18/h6,8,19H,4-5H2,1-3H3.